The summed E-state index contributed by atoms with van der Waals surface area (Å²) in [6, 6.07) is 0. The third-order valence-electron chi connectivity index (χ3n) is 1.81. The molecule has 0 unspecified atom stereocenters. The fourth-order valence-corrected chi connectivity index (χ4v) is 1.21. The monoisotopic (exact) mass is 155 g/mol. The Kier molecular flexibility index (Phi) is 7.59. The second kappa shape index (κ2) is 7.80. The molecular formula is C10H21N. The lowest BCUT2D eigenvalue weighted by atomic mass is 10.0. The van der Waals surface area contributed by atoms with Crippen molar-refractivity contribution < 1.29 is 0 Å². The van der Waals surface area contributed by atoms with Crippen LogP contribution in [-0.2, 0) is 0 Å². The van der Waals surface area contributed by atoms with Crippen LogP contribution in [0.1, 0.15) is 46.0 Å². The summed E-state index contributed by atoms with van der Waals surface area (Å²) in [7, 11) is 0. The zero-order chi connectivity index (χ0) is 8.53. The summed E-state index contributed by atoms with van der Waals surface area (Å²) < 4.78 is 0. The molecule has 0 atom stereocenters. The second-order valence-corrected chi connectivity index (χ2v) is 2.91. The molecule has 2 N–H and O–H groups in total. The van der Waals surface area contributed by atoms with Crippen molar-refractivity contribution in [2.45, 2.75) is 46.0 Å². The molecule has 0 aliphatic rings. The number of hydrogen-bond donors (Lipinski definition) is 1. The Balaban J connectivity index is 3.60. The minimum Gasteiger partial charge on any atom is -0.330 e. The van der Waals surface area contributed by atoms with Gasteiger partial charge in [0.05, 0.1) is 0 Å². The van der Waals surface area contributed by atoms with Crippen LogP contribution < -0.4 is 5.73 Å². The third-order valence-corrected chi connectivity index (χ3v) is 1.81. The van der Waals surface area contributed by atoms with E-state index in [-0.39, 0.29) is 0 Å². The topological polar surface area (TPSA) is 26.0 Å². The maximum absolute atomic E-state index is 5.49. The van der Waals surface area contributed by atoms with E-state index in [1.54, 1.807) is 5.57 Å². The molecule has 0 aliphatic heterocycles. The van der Waals surface area contributed by atoms with Crippen LogP contribution in [0.3, 0.4) is 0 Å². The van der Waals surface area contributed by atoms with Gasteiger partial charge in [-0.15, -0.1) is 0 Å². The van der Waals surface area contributed by atoms with E-state index in [1.165, 1.54) is 19.3 Å². The standard InChI is InChI=1S/C10H21N/c1-3-5-7-10(6-4-2)8-9-11/h6H,3-5,7-9,11H2,1-2H3/b10-6-. The molecule has 0 bridgehead atoms. The lowest BCUT2D eigenvalue weighted by Gasteiger charge is -2.03. The van der Waals surface area contributed by atoms with Crippen LogP contribution >= 0.6 is 0 Å². The summed E-state index contributed by atoms with van der Waals surface area (Å²) in [5.74, 6) is 0. The first-order valence-corrected chi connectivity index (χ1v) is 4.73. The summed E-state index contributed by atoms with van der Waals surface area (Å²) in [4.78, 5) is 0. The fraction of sp³-hybridized carbons (Fsp3) is 0.800. The normalized spacial score (nSPS) is 12.1. The average molecular weight is 155 g/mol. The average Bonchev–Trinajstić information content (AvgIpc) is 2.01. The maximum atomic E-state index is 5.49. The van der Waals surface area contributed by atoms with Gasteiger partial charge in [-0.05, 0) is 32.2 Å². The smallest absolute Gasteiger partial charge is 0.00399 e. The van der Waals surface area contributed by atoms with Gasteiger partial charge in [0.15, 0.2) is 0 Å². The van der Waals surface area contributed by atoms with E-state index in [0.29, 0.717) is 0 Å². The highest BCUT2D eigenvalue weighted by Crippen LogP contribution is 2.11. The van der Waals surface area contributed by atoms with Crippen LogP contribution in [0.4, 0.5) is 0 Å². The van der Waals surface area contributed by atoms with Gasteiger partial charge in [-0.2, -0.15) is 0 Å². The molecule has 1 nitrogen and oxygen atoms in total. The predicted molar refractivity (Wildman–Crippen MR) is 51.6 cm³/mol. The van der Waals surface area contributed by atoms with Crippen molar-refractivity contribution in [2.75, 3.05) is 6.54 Å². The van der Waals surface area contributed by atoms with Crippen molar-refractivity contribution in [2.24, 2.45) is 5.73 Å². The van der Waals surface area contributed by atoms with Gasteiger partial charge >= 0.3 is 0 Å². The molecule has 0 heterocycles. The highest BCUT2D eigenvalue weighted by molar-refractivity contribution is 5.01. The number of allylic oxidation sites excluding steroid dienone is 1. The molecule has 0 saturated carbocycles. The Morgan fingerprint density at radius 1 is 1.27 bits per heavy atom. The zero-order valence-electron chi connectivity index (χ0n) is 7.90. The highest BCUT2D eigenvalue weighted by Gasteiger charge is 1.93. The van der Waals surface area contributed by atoms with E-state index in [2.05, 4.69) is 19.9 Å². The summed E-state index contributed by atoms with van der Waals surface area (Å²) in [5, 5.41) is 0. The van der Waals surface area contributed by atoms with Crippen molar-refractivity contribution in [3.05, 3.63) is 11.6 Å². The van der Waals surface area contributed by atoms with Gasteiger partial charge in [0.1, 0.15) is 0 Å². The van der Waals surface area contributed by atoms with E-state index in [0.717, 1.165) is 19.4 Å². The Bertz CT molecular complexity index is 105. The molecule has 0 rings (SSSR count). The Morgan fingerprint density at radius 2 is 2.00 bits per heavy atom. The van der Waals surface area contributed by atoms with Crippen LogP contribution in [0.25, 0.3) is 0 Å². The molecule has 0 amide bonds. The van der Waals surface area contributed by atoms with Crippen molar-refractivity contribution in [3.63, 3.8) is 0 Å². The molecule has 66 valence electrons. The molecule has 0 aliphatic carbocycles. The summed E-state index contributed by atoms with van der Waals surface area (Å²) in [6.07, 6.45) is 8.41. The summed E-state index contributed by atoms with van der Waals surface area (Å²) in [6.45, 7) is 5.21. The van der Waals surface area contributed by atoms with Crippen LogP contribution in [0.15, 0.2) is 11.6 Å². The molecule has 0 aromatic carbocycles. The van der Waals surface area contributed by atoms with Crippen molar-refractivity contribution in [1.82, 2.24) is 0 Å². The van der Waals surface area contributed by atoms with Crippen LogP contribution in [0, 0.1) is 0 Å². The quantitative estimate of drug-likeness (QED) is 0.586. The first kappa shape index (κ1) is 10.7. The molecule has 0 aromatic heterocycles. The highest BCUT2D eigenvalue weighted by atomic mass is 14.5. The van der Waals surface area contributed by atoms with Crippen LogP contribution in [-0.4, -0.2) is 6.54 Å². The van der Waals surface area contributed by atoms with E-state index in [1.807, 2.05) is 0 Å². The molecular weight excluding hydrogens is 134 g/mol. The van der Waals surface area contributed by atoms with Gasteiger partial charge in [0, 0.05) is 0 Å². The number of rotatable bonds is 6. The second-order valence-electron chi connectivity index (χ2n) is 2.91. The Labute approximate surface area is 70.7 Å². The van der Waals surface area contributed by atoms with E-state index < -0.39 is 0 Å². The summed E-state index contributed by atoms with van der Waals surface area (Å²) >= 11 is 0. The molecule has 0 spiro atoms. The van der Waals surface area contributed by atoms with Crippen molar-refractivity contribution in [3.8, 4) is 0 Å². The van der Waals surface area contributed by atoms with Gasteiger partial charge in [0.2, 0.25) is 0 Å². The SMILES string of the molecule is CC/C=C(\CCN)CCCC. The molecule has 0 aromatic rings. The largest absolute Gasteiger partial charge is 0.330 e. The van der Waals surface area contributed by atoms with Crippen LogP contribution in [0.2, 0.25) is 0 Å². The molecule has 0 fully saturated rings. The van der Waals surface area contributed by atoms with Crippen LogP contribution in [0.5, 0.6) is 0 Å². The van der Waals surface area contributed by atoms with Gasteiger partial charge < -0.3 is 5.73 Å². The third kappa shape index (κ3) is 6.11. The number of hydrogen-bond acceptors (Lipinski definition) is 1. The maximum Gasteiger partial charge on any atom is -0.00399 e. The molecule has 0 radical (unpaired) electrons. The van der Waals surface area contributed by atoms with E-state index >= 15 is 0 Å². The molecule has 1 heteroatoms. The minimum absolute atomic E-state index is 0.801. The zero-order valence-corrected chi connectivity index (χ0v) is 7.90. The van der Waals surface area contributed by atoms with Crippen molar-refractivity contribution in [1.29, 1.82) is 0 Å². The van der Waals surface area contributed by atoms with Gasteiger partial charge in [-0.1, -0.05) is 31.9 Å². The lowest BCUT2D eigenvalue weighted by Crippen LogP contribution is -2.00. The van der Waals surface area contributed by atoms with Gasteiger partial charge in [0.25, 0.3) is 0 Å². The summed E-state index contributed by atoms with van der Waals surface area (Å²) in [5.41, 5.74) is 7.04. The number of nitrogens with two attached hydrogens (primary N) is 1. The fourth-order valence-electron chi connectivity index (χ4n) is 1.21. The Morgan fingerprint density at radius 3 is 2.45 bits per heavy atom. The van der Waals surface area contributed by atoms with E-state index in [4.69, 9.17) is 5.73 Å². The van der Waals surface area contributed by atoms with E-state index in [9.17, 15) is 0 Å². The molecule has 11 heavy (non-hydrogen) atoms. The van der Waals surface area contributed by atoms with Crippen molar-refractivity contribution >= 4 is 0 Å². The predicted octanol–water partition coefficient (Wildman–Crippen LogP) is 2.86. The number of unbranched alkanes of at least 4 members (excludes halogenated alkanes) is 1. The minimum atomic E-state index is 0.801. The Hall–Kier alpha value is -0.300. The lowest BCUT2D eigenvalue weighted by molar-refractivity contribution is 0.748. The molecule has 0 saturated heterocycles. The van der Waals surface area contributed by atoms with Gasteiger partial charge in [-0.3, -0.25) is 0 Å². The first-order chi connectivity index (χ1) is 5.35. The first-order valence-electron chi connectivity index (χ1n) is 4.73. The van der Waals surface area contributed by atoms with Gasteiger partial charge in [-0.25, -0.2) is 0 Å².